The third kappa shape index (κ3) is 5.81. The minimum Gasteiger partial charge on any atom is -0.497 e. The molecule has 0 aliphatic rings. The van der Waals surface area contributed by atoms with Crippen molar-refractivity contribution in [3.05, 3.63) is 96.1 Å². The molecule has 7 nitrogen and oxygen atoms in total. The van der Waals surface area contributed by atoms with E-state index in [-0.39, 0.29) is 11.8 Å². The van der Waals surface area contributed by atoms with Crippen molar-refractivity contribution in [1.29, 1.82) is 0 Å². The lowest BCUT2D eigenvalue weighted by molar-refractivity contribution is -0.118. The van der Waals surface area contributed by atoms with E-state index in [0.717, 1.165) is 16.9 Å². The fraction of sp³-hybridized carbons (Fsp3) is 0.120. The average Bonchev–Trinajstić information content (AvgIpc) is 3.33. The Kier molecular flexibility index (Phi) is 7.06. The van der Waals surface area contributed by atoms with Crippen LogP contribution < -0.4 is 15.4 Å². The smallest absolute Gasteiger partial charge is 0.251 e. The summed E-state index contributed by atoms with van der Waals surface area (Å²) >= 11 is 1.26. The van der Waals surface area contributed by atoms with E-state index in [1.807, 2.05) is 60.7 Å². The third-order valence-electron chi connectivity index (χ3n) is 4.93. The maximum absolute atomic E-state index is 13.1. The number of benzene rings is 3. The third-order valence-corrected chi connectivity index (χ3v) is 5.82. The number of nitrogens with one attached hydrogen (secondary N) is 2. The molecule has 3 aromatic carbocycles. The van der Waals surface area contributed by atoms with E-state index < -0.39 is 6.04 Å². The highest BCUT2D eigenvalue weighted by molar-refractivity contribution is 7.18. The SMILES string of the molecule is COc1ccc(-c2nnc(NC(=O)C(Cc3ccccc3)NC(=O)c3ccccc3)s2)cc1. The minimum absolute atomic E-state index is 0.317. The summed E-state index contributed by atoms with van der Waals surface area (Å²) in [5.74, 6) is 0.0677. The molecule has 0 aliphatic carbocycles. The van der Waals surface area contributed by atoms with Crippen molar-refractivity contribution in [2.75, 3.05) is 12.4 Å². The molecule has 2 amide bonds. The van der Waals surface area contributed by atoms with E-state index in [9.17, 15) is 9.59 Å². The number of rotatable bonds is 8. The molecule has 4 rings (SSSR count). The molecule has 166 valence electrons. The molecule has 1 unspecified atom stereocenters. The van der Waals surface area contributed by atoms with Gasteiger partial charge in [-0.15, -0.1) is 10.2 Å². The van der Waals surface area contributed by atoms with Crippen molar-refractivity contribution in [3.8, 4) is 16.3 Å². The first kappa shape index (κ1) is 22.2. The van der Waals surface area contributed by atoms with E-state index in [1.165, 1.54) is 11.3 Å². The van der Waals surface area contributed by atoms with Gasteiger partial charge in [-0.1, -0.05) is 59.9 Å². The van der Waals surface area contributed by atoms with Gasteiger partial charge in [0.05, 0.1) is 7.11 Å². The van der Waals surface area contributed by atoms with Crippen LogP contribution in [0.4, 0.5) is 5.13 Å². The van der Waals surface area contributed by atoms with Crippen LogP contribution in [0.3, 0.4) is 0 Å². The van der Waals surface area contributed by atoms with E-state index in [4.69, 9.17) is 4.74 Å². The van der Waals surface area contributed by atoms with Gasteiger partial charge in [-0.05, 0) is 42.0 Å². The molecule has 1 aromatic heterocycles. The number of amides is 2. The summed E-state index contributed by atoms with van der Waals surface area (Å²) in [4.78, 5) is 25.8. The highest BCUT2D eigenvalue weighted by atomic mass is 32.1. The lowest BCUT2D eigenvalue weighted by Crippen LogP contribution is -2.45. The molecule has 0 spiro atoms. The summed E-state index contributed by atoms with van der Waals surface area (Å²) in [5.41, 5.74) is 2.29. The second-order valence-corrected chi connectivity index (χ2v) is 8.19. The van der Waals surface area contributed by atoms with E-state index in [1.54, 1.807) is 31.4 Å². The predicted molar refractivity (Wildman–Crippen MR) is 128 cm³/mol. The zero-order valence-corrected chi connectivity index (χ0v) is 18.7. The number of aromatic nitrogens is 2. The van der Waals surface area contributed by atoms with Gasteiger partial charge >= 0.3 is 0 Å². The van der Waals surface area contributed by atoms with Crippen molar-refractivity contribution < 1.29 is 14.3 Å². The van der Waals surface area contributed by atoms with Crippen molar-refractivity contribution in [1.82, 2.24) is 15.5 Å². The van der Waals surface area contributed by atoms with Crippen LogP contribution in [0.2, 0.25) is 0 Å². The molecule has 1 heterocycles. The maximum atomic E-state index is 13.1. The highest BCUT2D eigenvalue weighted by Crippen LogP contribution is 2.27. The van der Waals surface area contributed by atoms with Gasteiger partial charge in [0.2, 0.25) is 11.0 Å². The first-order valence-electron chi connectivity index (χ1n) is 10.3. The van der Waals surface area contributed by atoms with Gasteiger partial charge < -0.3 is 10.1 Å². The predicted octanol–water partition coefficient (Wildman–Crippen LogP) is 4.19. The van der Waals surface area contributed by atoms with Crippen molar-refractivity contribution in [2.45, 2.75) is 12.5 Å². The number of hydrogen-bond donors (Lipinski definition) is 2. The molecule has 2 N–H and O–H groups in total. The van der Waals surface area contributed by atoms with Gasteiger partial charge in [0, 0.05) is 17.5 Å². The standard InChI is InChI=1S/C25H22N4O3S/c1-32-20-14-12-19(13-15-20)24-28-29-25(33-24)27-23(31)21(16-17-8-4-2-5-9-17)26-22(30)18-10-6-3-7-11-18/h2-15,21H,16H2,1H3,(H,26,30)(H,27,29,31). The number of ether oxygens (including phenoxy) is 1. The molecule has 0 bridgehead atoms. The molecule has 0 aliphatic heterocycles. The second-order valence-electron chi connectivity index (χ2n) is 7.21. The Morgan fingerprint density at radius 2 is 1.58 bits per heavy atom. The van der Waals surface area contributed by atoms with Crippen LogP contribution in [0.15, 0.2) is 84.9 Å². The summed E-state index contributed by atoms with van der Waals surface area (Å²) in [6, 6.07) is 25.0. The molecule has 0 radical (unpaired) electrons. The topological polar surface area (TPSA) is 93.2 Å². The van der Waals surface area contributed by atoms with Crippen LogP contribution in [-0.2, 0) is 11.2 Å². The first-order valence-corrected chi connectivity index (χ1v) is 11.1. The summed E-state index contributed by atoms with van der Waals surface area (Å²) in [5, 5.41) is 14.9. The Balaban J connectivity index is 1.49. The maximum Gasteiger partial charge on any atom is 0.251 e. The lowest BCUT2D eigenvalue weighted by Gasteiger charge is -2.18. The van der Waals surface area contributed by atoms with Gasteiger partial charge in [-0.3, -0.25) is 14.9 Å². The first-order chi connectivity index (χ1) is 16.1. The monoisotopic (exact) mass is 458 g/mol. The molecule has 0 fully saturated rings. The Morgan fingerprint density at radius 1 is 0.909 bits per heavy atom. The minimum atomic E-state index is -0.784. The Bertz CT molecular complexity index is 1210. The molecular weight excluding hydrogens is 436 g/mol. The Hall–Kier alpha value is -4.04. The van der Waals surface area contributed by atoms with Gasteiger partial charge in [0.15, 0.2) is 0 Å². The van der Waals surface area contributed by atoms with Gasteiger partial charge in [-0.25, -0.2) is 0 Å². The fourth-order valence-electron chi connectivity index (χ4n) is 3.21. The number of anilines is 1. The van der Waals surface area contributed by atoms with Crippen molar-refractivity contribution in [2.24, 2.45) is 0 Å². The Labute approximate surface area is 195 Å². The largest absolute Gasteiger partial charge is 0.497 e. The van der Waals surface area contributed by atoms with Crippen molar-refractivity contribution in [3.63, 3.8) is 0 Å². The van der Waals surface area contributed by atoms with E-state index in [2.05, 4.69) is 20.8 Å². The number of methoxy groups -OCH3 is 1. The van der Waals surface area contributed by atoms with E-state index in [0.29, 0.717) is 22.1 Å². The number of nitrogens with zero attached hydrogens (tertiary/aromatic N) is 2. The second kappa shape index (κ2) is 10.5. The van der Waals surface area contributed by atoms with Crippen LogP contribution >= 0.6 is 11.3 Å². The van der Waals surface area contributed by atoms with Crippen LogP contribution in [0.5, 0.6) is 5.75 Å². The van der Waals surface area contributed by atoms with Crippen LogP contribution in [-0.4, -0.2) is 35.2 Å². The molecule has 0 saturated heterocycles. The van der Waals surface area contributed by atoms with E-state index >= 15 is 0 Å². The Morgan fingerprint density at radius 3 is 2.24 bits per heavy atom. The molecular formula is C25H22N4O3S. The highest BCUT2D eigenvalue weighted by Gasteiger charge is 2.23. The van der Waals surface area contributed by atoms with Gasteiger partial charge in [-0.2, -0.15) is 0 Å². The van der Waals surface area contributed by atoms with Crippen LogP contribution in [0, 0.1) is 0 Å². The molecule has 33 heavy (non-hydrogen) atoms. The quantitative estimate of drug-likeness (QED) is 0.413. The van der Waals surface area contributed by atoms with Crippen molar-refractivity contribution >= 4 is 28.3 Å². The summed E-state index contributed by atoms with van der Waals surface area (Å²) in [6.45, 7) is 0. The normalized spacial score (nSPS) is 11.4. The summed E-state index contributed by atoms with van der Waals surface area (Å²) in [6.07, 6.45) is 0.343. The summed E-state index contributed by atoms with van der Waals surface area (Å²) < 4.78 is 5.18. The molecule has 4 aromatic rings. The fourth-order valence-corrected chi connectivity index (χ4v) is 3.96. The zero-order chi connectivity index (χ0) is 23.0. The number of carbonyl (C=O) groups is 2. The summed E-state index contributed by atoms with van der Waals surface area (Å²) in [7, 11) is 1.61. The molecule has 0 saturated carbocycles. The molecule has 1 atom stereocenters. The lowest BCUT2D eigenvalue weighted by atomic mass is 10.0. The number of carbonyl (C=O) groups excluding carboxylic acids is 2. The van der Waals surface area contributed by atoms with Gasteiger partial charge in [0.1, 0.15) is 16.8 Å². The average molecular weight is 459 g/mol. The molecule has 8 heteroatoms. The number of hydrogen-bond acceptors (Lipinski definition) is 6. The van der Waals surface area contributed by atoms with Crippen LogP contribution in [0.25, 0.3) is 10.6 Å². The zero-order valence-electron chi connectivity index (χ0n) is 17.9. The van der Waals surface area contributed by atoms with Gasteiger partial charge in [0.25, 0.3) is 5.91 Å². The van der Waals surface area contributed by atoms with Crippen LogP contribution in [0.1, 0.15) is 15.9 Å².